The normalized spacial score (nSPS) is 16.8. The van der Waals surface area contributed by atoms with Gasteiger partial charge in [0.15, 0.2) is 0 Å². The Hall–Kier alpha value is -2.11. The number of non-ortho nitro benzene ring substituents is 1. The second-order valence-corrected chi connectivity index (χ2v) is 4.93. The first-order valence-corrected chi connectivity index (χ1v) is 6.47. The molecular weight excluding hydrogens is 248 g/mol. The molecule has 1 aromatic heterocycles. The van der Waals surface area contributed by atoms with Gasteiger partial charge in [-0.1, -0.05) is 25.3 Å². The monoisotopic (exact) mass is 262 g/mol. The summed E-state index contributed by atoms with van der Waals surface area (Å²) >= 11 is 0. The largest absolute Gasteiger partial charge is 0.368 e. The molecule has 0 amide bonds. The van der Waals surface area contributed by atoms with E-state index in [0.29, 0.717) is 5.39 Å². The first kappa shape index (κ1) is 12.0. The van der Waals surface area contributed by atoms with E-state index in [4.69, 9.17) is 4.52 Å². The minimum atomic E-state index is -0.517. The summed E-state index contributed by atoms with van der Waals surface area (Å²) < 4.78 is 6.82. The fraction of sp³-hybridized carbons (Fsp3) is 0.462. The van der Waals surface area contributed by atoms with Crippen LogP contribution in [0.2, 0.25) is 0 Å². The molecule has 0 saturated heterocycles. The van der Waals surface area contributed by atoms with Crippen molar-refractivity contribution < 1.29 is 9.45 Å². The molecule has 0 radical (unpaired) electrons. The van der Waals surface area contributed by atoms with Gasteiger partial charge in [0, 0.05) is 6.07 Å². The van der Waals surface area contributed by atoms with E-state index in [-0.39, 0.29) is 22.9 Å². The molecule has 0 aliphatic heterocycles. The van der Waals surface area contributed by atoms with Crippen LogP contribution in [0.4, 0.5) is 5.69 Å². The highest BCUT2D eigenvalue weighted by Crippen LogP contribution is 2.30. The topological polar surface area (TPSA) is 78.3 Å². The minimum Gasteiger partial charge on any atom is -0.368 e. The van der Waals surface area contributed by atoms with Crippen LogP contribution in [0.5, 0.6) is 0 Å². The van der Waals surface area contributed by atoms with Gasteiger partial charge in [-0.3, -0.25) is 14.9 Å². The Morgan fingerprint density at radius 1 is 1.26 bits per heavy atom. The fourth-order valence-corrected chi connectivity index (χ4v) is 2.75. The van der Waals surface area contributed by atoms with Crippen molar-refractivity contribution in [3.63, 3.8) is 0 Å². The number of fused-ring (bicyclic) bond motifs is 1. The first-order valence-electron chi connectivity index (χ1n) is 6.47. The lowest BCUT2D eigenvalue weighted by Crippen LogP contribution is -2.22. The molecule has 0 N–H and O–H groups in total. The number of nitro groups is 1. The van der Waals surface area contributed by atoms with E-state index >= 15 is 0 Å². The van der Waals surface area contributed by atoms with Crippen LogP contribution in [0.15, 0.2) is 27.5 Å². The molecule has 1 aliphatic carbocycles. The molecule has 3 rings (SSSR count). The number of nitrogens with zero attached hydrogens (tertiary/aromatic N) is 2. The SMILES string of the molecule is O=c1c2cccc([N+](=O)[O-])c2on1C1CCCCC1. The van der Waals surface area contributed by atoms with Crippen LogP contribution in [0, 0.1) is 10.1 Å². The molecule has 1 aromatic carbocycles. The highest BCUT2D eigenvalue weighted by atomic mass is 16.6. The van der Waals surface area contributed by atoms with Gasteiger partial charge >= 0.3 is 5.69 Å². The fourth-order valence-electron chi connectivity index (χ4n) is 2.75. The summed E-state index contributed by atoms with van der Waals surface area (Å²) in [4.78, 5) is 22.7. The van der Waals surface area contributed by atoms with Gasteiger partial charge in [0.2, 0.25) is 5.58 Å². The van der Waals surface area contributed by atoms with Gasteiger partial charge in [0.05, 0.1) is 16.4 Å². The van der Waals surface area contributed by atoms with Crippen molar-refractivity contribution in [2.45, 2.75) is 38.1 Å². The second-order valence-electron chi connectivity index (χ2n) is 4.93. The van der Waals surface area contributed by atoms with E-state index in [1.807, 2.05) is 0 Å². The predicted molar refractivity (Wildman–Crippen MR) is 69.3 cm³/mol. The second kappa shape index (κ2) is 4.53. The van der Waals surface area contributed by atoms with Gasteiger partial charge in [0.1, 0.15) is 0 Å². The molecular formula is C13H14N2O4. The van der Waals surface area contributed by atoms with Gasteiger partial charge in [-0.25, -0.2) is 0 Å². The van der Waals surface area contributed by atoms with Crippen molar-refractivity contribution in [3.8, 4) is 0 Å². The van der Waals surface area contributed by atoms with E-state index in [2.05, 4.69) is 0 Å². The van der Waals surface area contributed by atoms with Crippen LogP contribution in [0.25, 0.3) is 11.0 Å². The zero-order valence-corrected chi connectivity index (χ0v) is 10.4. The third-order valence-corrected chi connectivity index (χ3v) is 3.72. The van der Waals surface area contributed by atoms with E-state index in [9.17, 15) is 14.9 Å². The lowest BCUT2D eigenvalue weighted by Gasteiger charge is -2.20. The maximum absolute atomic E-state index is 12.2. The van der Waals surface area contributed by atoms with Gasteiger partial charge in [-0.2, -0.15) is 4.74 Å². The van der Waals surface area contributed by atoms with Crippen molar-refractivity contribution in [3.05, 3.63) is 38.7 Å². The molecule has 1 fully saturated rings. The number of hydrogen-bond donors (Lipinski definition) is 0. The molecule has 0 unspecified atom stereocenters. The molecule has 1 saturated carbocycles. The average molecular weight is 262 g/mol. The molecule has 19 heavy (non-hydrogen) atoms. The van der Waals surface area contributed by atoms with Crippen molar-refractivity contribution in [1.29, 1.82) is 0 Å². The molecule has 0 bridgehead atoms. The van der Waals surface area contributed by atoms with Crippen LogP contribution < -0.4 is 5.56 Å². The average Bonchev–Trinajstić information content (AvgIpc) is 2.77. The maximum atomic E-state index is 12.2. The van der Waals surface area contributed by atoms with Crippen molar-refractivity contribution in [1.82, 2.24) is 4.74 Å². The number of benzene rings is 1. The molecule has 1 heterocycles. The Bertz CT molecular complexity index is 679. The number of para-hydroxylation sites is 1. The van der Waals surface area contributed by atoms with Crippen LogP contribution in [0.3, 0.4) is 0 Å². The van der Waals surface area contributed by atoms with E-state index < -0.39 is 4.92 Å². The Labute approximate surface area is 108 Å². The number of aromatic nitrogens is 1. The molecule has 0 atom stereocenters. The lowest BCUT2D eigenvalue weighted by molar-refractivity contribution is -0.383. The lowest BCUT2D eigenvalue weighted by atomic mass is 9.96. The van der Waals surface area contributed by atoms with Crippen molar-refractivity contribution in [2.24, 2.45) is 0 Å². The van der Waals surface area contributed by atoms with Crippen molar-refractivity contribution in [2.75, 3.05) is 0 Å². The molecule has 6 heteroatoms. The van der Waals surface area contributed by atoms with Crippen LogP contribution in [-0.4, -0.2) is 9.66 Å². The summed E-state index contributed by atoms with van der Waals surface area (Å²) in [5.74, 6) is 0. The molecule has 6 nitrogen and oxygen atoms in total. The highest BCUT2D eigenvalue weighted by molar-refractivity contribution is 5.84. The molecule has 2 aromatic rings. The molecule has 1 aliphatic rings. The number of nitro benzene ring substituents is 1. The molecule has 0 spiro atoms. The zero-order valence-electron chi connectivity index (χ0n) is 10.4. The number of rotatable bonds is 2. The Kier molecular flexibility index (Phi) is 2.85. The summed E-state index contributed by atoms with van der Waals surface area (Å²) in [6.45, 7) is 0. The summed E-state index contributed by atoms with van der Waals surface area (Å²) in [6, 6.07) is 4.49. The Balaban J connectivity index is 2.16. The van der Waals surface area contributed by atoms with Crippen LogP contribution in [0.1, 0.15) is 38.1 Å². The van der Waals surface area contributed by atoms with Crippen molar-refractivity contribution >= 4 is 16.7 Å². The minimum absolute atomic E-state index is 0.0354. The Morgan fingerprint density at radius 2 is 2.00 bits per heavy atom. The van der Waals surface area contributed by atoms with Gasteiger partial charge in [-0.15, -0.1) is 0 Å². The summed E-state index contributed by atoms with van der Waals surface area (Å²) in [7, 11) is 0. The maximum Gasteiger partial charge on any atom is 0.315 e. The molecule has 100 valence electrons. The zero-order chi connectivity index (χ0) is 13.4. The van der Waals surface area contributed by atoms with E-state index in [1.54, 1.807) is 6.07 Å². The highest BCUT2D eigenvalue weighted by Gasteiger charge is 2.24. The quantitative estimate of drug-likeness (QED) is 0.615. The first-order chi connectivity index (χ1) is 9.18. The summed E-state index contributed by atoms with van der Waals surface area (Å²) in [5.41, 5.74) is -0.321. The third-order valence-electron chi connectivity index (χ3n) is 3.72. The van der Waals surface area contributed by atoms with Gasteiger partial charge in [0.25, 0.3) is 5.56 Å². The van der Waals surface area contributed by atoms with Crippen LogP contribution >= 0.6 is 0 Å². The smallest absolute Gasteiger partial charge is 0.315 e. The van der Waals surface area contributed by atoms with Crippen LogP contribution in [-0.2, 0) is 0 Å². The van der Waals surface area contributed by atoms with Gasteiger partial charge < -0.3 is 4.52 Å². The predicted octanol–water partition coefficient (Wildman–Crippen LogP) is 3.01. The summed E-state index contributed by atoms with van der Waals surface area (Å²) in [5, 5.41) is 11.2. The Morgan fingerprint density at radius 3 is 2.68 bits per heavy atom. The van der Waals surface area contributed by atoms with E-state index in [1.165, 1.54) is 23.3 Å². The van der Waals surface area contributed by atoms with E-state index in [0.717, 1.165) is 25.7 Å². The summed E-state index contributed by atoms with van der Waals surface area (Å²) in [6.07, 6.45) is 5.10. The standard InChI is InChI=1S/C13H14N2O4/c16-13-10-7-4-8-11(15(17)18)12(10)19-14(13)9-5-2-1-3-6-9/h4,7-9H,1-3,5-6H2. The third kappa shape index (κ3) is 1.93. The number of hydrogen-bond acceptors (Lipinski definition) is 4. The van der Waals surface area contributed by atoms with Gasteiger partial charge in [-0.05, 0) is 18.9 Å².